The second-order valence-corrected chi connectivity index (χ2v) is 5.13. The van der Waals surface area contributed by atoms with Crippen molar-refractivity contribution in [1.82, 2.24) is 15.5 Å². The number of carbonyl (C=O) groups excluding carboxylic acids is 1. The number of nitrogens with zero attached hydrogens (tertiary/aromatic N) is 1. The van der Waals surface area contributed by atoms with Crippen LogP contribution in [0, 0.1) is 3.70 Å². The molecule has 1 unspecified atom stereocenters. The lowest BCUT2D eigenvalue weighted by Gasteiger charge is -2.15. The Morgan fingerprint density at radius 2 is 2.21 bits per heavy atom. The molecule has 0 saturated carbocycles. The minimum absolute atomic E-state index is 0.101. The fourth-order valence-electron chi connectivity index (χ4n) is 1.53. The number of para-hydroxylation sites is 1. The summed E-state index contributed by atoms with van der Waals surface area (Å²) in [5.74, 6) is 0.642. The van der Waals surface area contributed by atoms with E-state index >= 15 is 0 Å². The molecule has 19 heavy (non-hydrogen) atoms. The average molecular weight is 371 g/mol. The van der Waals surface area contributed by atoms with Gasteiger partial charge in [0.05, 0.1) is 18.3 Å². The zero-order chi connectivity index (χ0) is 13.7. The van der Waals surface area contributed by atoms with E-state index in [4.69, 9.17) is 4.74 Å². The largest absolute Gasteiger partial charge is 0.489 e. The van der Waals surface area contributed by atoms with Gasteiger partial charge in [0, 0.05) is 0 Å². The zero-order valence-corrected chi connectivity index (χ0v) is 12.5. The van der Waals surface area contributed by atoms with Gasteiger partial charge in [-0.05, 0) is 41.6 Å². The molecule has 1 atom stereocenters. The minimum Gasteiger partial charge on any atom is -0.489 e. The van der Waals surface area contributed by atoms with E-state index in [9.17, 15) is 4.79 Å². The Hall–Kier alpha value is -1.57. The molecule has 1 amide bonds. The van der Waals surface area contributed by atoms with Crippen molar-refractivity contribution in [2.45, 2.75) is 13.0 Å². The number of hydrogen-bond donors (Lipinski definition) is 2. The van der Waals surface area contributed by atoms with Gasteiger partial charge in [-0.1, -0.05) is 18.2 Å². The summed E-state index contributed by atoms with van der Waals surface area (Å²) in [6.07, 6.45) is 1.41. The topological polar surface area (TPSA) is 67.0 Å². The van der Waals surface area contributed by atoms with Crippen molar-refractivity contribution in [3.63, 3.8) is 0 Å². The number of H-pyrrole nitrogens is 1. The van der Waals surface area contributed by atoms with Crippen LogP contribution in [0.2, 0.25) is 0 Å². The number of nitrogens with one attached hydrogen (secondary N) is 2. The fourth-order valence-corrected chi connectivity index (χ4v) is 2.06. The van der Waals surface area contributed by atoms with Gasteiger partial charge in [-0.25, -0.2) is 0 Å². The van der Waals surface area contributed by atoms with Crippen LogP contribution in [-0.2, 0) is 0 Å². The molecule has 0 bridgehead atoms. The number of ether oxygens (including phenoxy) is 1. The predicted octanol–water partition coefficient (Wildman–Crippen LogP) is 2.21. The highest BCUT2D eigenvalue weighted by atomic mass is 127. The van der Waals surface area contributed by atoms with Crippen LogP contribution in [0.5, 0.6) is 5.75 Å². The van der Waals surface area contributed by atoms with Crippen molar-refractivity contribution in [2.75, 3.05) is 6.54 Å². The number of aromatic amines is 1. The van der Waals surface area contributed by atoms with E-state index in [1.165, 1.54) is 6.20 Å². The Morgan fingerprint density at radius 1 is 1.47 bits per heavy atom. The molecular formula is C13H14IN3O2. The van der Waals surface area contributed by atoms with E-state index < -0.39 is 0 Å². The van der Waals surface area contributed by atoms with Crippen LogP contribution in [0.15, 0.2) is 36.5 Å². The third kappa shape index (κ3) is 3.95. The first-order chi connectivity index (χ1) is 9.16. The van der Waals surface area contributed by atoms with Crippen molar-refractivity contribution >= 4 is 28.5 Å². The molecule has 0 aliphatic carbocycles. The smallest absolute Gasteiger partial charge is 0.255 e. The third-order valence-electron chi connectivity index (χ3n) is 2.47. The Kier molecular flexibility index (Phi) is 4.78. The summed E-state index contributed by atoms with van der Waals surface area (Å²) in [5.41, 5.74) is 0.549. The quantitative estimate of drug-likeness (QED) is 0.793. The zero-order valence-electron chi connectivity index (χ0n) is 10.4. The van der Waals surface area contributed by atoms with Gasteiger partial charge in [-0.3, -0.25) is 9.89 Å². The van der Waals surface area contributed by atoms with Gasteiger partial charge in [0.25, 0.3) is 5.91 Å². The maximum absolute atomic E-state index is 11.9. The number of hydrogen-bond acceptors (Lipinski definition) is 3. The van der Waals surface area contributed by atoms with Crippen molar-refractivity contribution in [3.8, 4) is 5.75 Å². The molecule has 0 aliphatic rings. The van der Waals surface area contributed by atoms with Crippen molar-refractivity contribution in [2.24, 2.45) is 0 Å². The van der Waals surface area contributed by atoms with Gasteiger partial charge in [0.15, 0.2) is 0 Å². The van der Waals surface area contributed by atoms with Crippen molar-refractivity contribution in [3.05, 3.63) is 45.8 Å². The maximum atomic E-state index is 11.9. The predicted molar refractivity (Wildman–Crippen MR) is 80.2 cm³/mol. The summed E-state index contributed by atoms with van der Waals surface area (Å²) in [5, 5.41) is 9.35. The van der Waals surface area contributed by atoms with Crippen LogP contribution in [0.4, 0.5) is 0 Å². The lowest BCUT2D eigenvalue weighted by molar-refractivity contribution is 0.0931. The Labute approximate surface area is 124 Å². The monoisotopic (exact) mass is 371 g/mol. The molecule has 6 heteroatoms. The lowest BCUT2D eigenvalue weighted by Crippen LogP contribution is -2.33. The highest BCUT2D eigenvalue weighted by molar-refractivity contribution is 14.1. The van der Waals surface area contributed by atoms with Crippen LogP contribution in [0.1, 0.15) is 17.3 Å². The van der Waals surface area contributed by atoms with Gasteiger partial charge < -0.3 is 10.1 Å². The minimum atomic E-state index is -0.151. The summed E-state index contributed by atoms with van der Waals surface area (Å²) in [4.78, 5) is 11.9. The second-order valence-electron chi connectivity index (χ2n) is 4.05. The summed E-state index contributed by atoms with van der Waals surface area (Å²) in [6, 6.07) is 9.53. The molecule has 1 aromatic carbocycles. The van der Waals surface area contributed by atoms with Crippen molar-refractivity contribution < 1.29 is 9.53 Å². The second kappa shape index (κ2) is 6.55. The average Bonchev–Trinajstić information content (AvgIpc) is 2.83. The van der Waals surface area contributed by atoms with E-state index in [0.29, 0.717) is 12.1 Å². The number of aromatic nitrogens is 2. The molecule has 2 N–H and O–H groups in total. The molecule has 0 saturated heterocycles. The molecule has 1 aromatic heterocycles. The van der Waals surface area contributed by atoms with Crippen LogP contribution in [-0.4, -0.2) is 28.8 Å². The molecule has 1 heterocycles. The summed E-state index contributed by atoms with van der Waals surface area (Å²) in [6.45, 7) is 2.35. The highest BCUT2D eigenvalue weighted by Crippen LogP contribution is 2.11. The standard InChI is InChI=1S/C13H14IN3O2/c1-9(19-10-5-3-2-4-6-10)7-15-13(18)11-8-16-17-12(11)14/h2-6,8-9H,7H2,1H3,(H,15,18)(H,16,17). The van der Waals surface area contributed by atoms with E-state index in [2.05, 4.69) is 15.5 Å². The Bertz CT molecular complexity index is 542. The number of rotatable bonds is 5. The van der Waals surface area contributed by atoms with E-state index in [1.807, 2.05) is 59.8 Å². The van der Waals surface area contributed by atoms with Gasteiger partial charge >= 0.3 is 0 Å². The third-order valence-corrected chi connectivity index (χ3v) is 3.29. The summed E-state index contributed by atoms with van der Waals surface area (Å²) >= 11 is 2.04. The van der Waals surface area contributed by atoms with Gasteiger partial charge in [0.1, 0.15) is 15.6 Å². The summed E-state index contributed by atoms with van der Waals surface area (Å²) in [7, 11) is 0. The molecule has 0 fully saturated rings. The van der Waals surface area contributed by atoms with Gasteiger partial charge in [0.2, 0.25) is 0 Å². The molecule has 0 spiro atoms. The summed E-state index contributed by atoms with van der Waals surface area (Å²) < 4.78 is 6.40. The van der Waals surface area contributed by atoms with Gasteiger partial charge in [-0.15, -0.1) is 0 Å². The first-order valence-electron chi connectivity index (χ1n) is 5.85. The molecule has 0 aliphatic heterocycles. The Balaban J connectivity index is 1.82. The molecular weight excluding hydrogens is 357 g/mol. The SMILES string of the molecule is CC(CNC(=O)c1cn[nH]c1I)Oc1ccccc1. The normalized spacial score (nSPS) is 11.9. The lowest BCUT2D eigenvalue weighted by atomic mass is 10.3. The highest BCUT2D eigenvalue weighted by Gasteiger charge is 2.13. The van der Waals surface area contributed by atoms with Crippen LogP contribution in [0.25, 0.3) is 0 Å². The molecule has 5 nitrogen and oxygen atoms in total. The molecule has 100 valence electrons. The number of amides is 1. The first-order valence-corrected chi connectivity index (χ1v) is 6.93. The van der Waals surface area contributed by atoms with Crippen LogP contribution in [0.3, 0.4) is 0 Å². The first kappa shape index (κ1) is 13.9. The maximum Gasteiger partial charge on any atom is 0.255 e. The van der Waals surface area contributed by atoms with E-state index in [-0.39, 0.29) is 12.0 Å². The molecule has 2 rings (SSSR count). The fraction of sp³-hybridized carbons (Fsp3) is 0.231. The van der Waals surface area contributed by atoms with E-state index in [0.717, 1.165) is 9.45 Å². The van der Waals surface area contributed by atoms with E-state index in [1.54, 1.807) is 0 Å². The number of carbonyl (C=O) groups is 1. The van der Waals surface area contributed by atoms with Crippen LogP contribution >= 0.6 is 22.6 Å². The molecule has 2 aromatic rings. The van der Waals surface area contributed by atoms with Crippen molar-refractivity contribution in [1.29, 1.82) is 0 Å². The van der Waals surface area contributed by atoms with Gasteiger partial charge in [-0.2, -0.15) is 5.10 Å². The Morgan fingerprint density at radius 3 is 2.84 bits per heavy atom. The number of halogens is 1. The molecule has 0 radical (unpaired) electrons. The number of benzene rings is 1. The van der Waals surface area contributed by atoms with Crippen LogP contribution < -0.4 is 10.1 Å².